The summed E-state index contributed by atoms with van der Waals surface area (Å²) in [5, 5.41) is 0. The van der Waals surface area contributed by atoms with Crippen molar-refractivity contribution in [2.45, 2.75) is 28.7 Å². The van der Waals surface area contributed by atoms with Gasteiger partial charge in [0.1, 0.15) is 0 Å². The van der Waals surface area contributed by atoms with Crippen LogP contribution in [0.2, 0.25) is 0 Å². The van der Waals surface area contributed by atoms with Gasteiger partial charge in [0.2, 0.25) is 0 Å². The molecule has 0 radical (unpaired) electrons. The first kappa shape index (κ1) is 10.2. The van der Waals surface area contributed by atoms with Crippen LogP contribution in [-0.2, 0) is 0 Å². The highest BCUT2D eigenvalue weighted by Gasteiger charge is 2.25. The molecule has 1 fully saturated rings. The highest BCUT2D eigenvalue weighted by atomic mass is 32.2. The topological polar surface area (TPSA) is 22.1 Å². The van der Waals surface area contributed by atoms with Crippen molar-refractivity contribution in [3.05, 3.63) is 12.4 Å². The van der Waals surface area contributed by atoms with Crippen LogP contribution in [0.25, 0.3) is 0 Å². The van der Waals surface area contributed by atoms with Crippen LogP contribution in [0.4, 0.5) is 0 Å². The van der Waals surface area contributed by atoms with E-state index < -0.39 is 0 Å². The number of hydrogen-bond acceptors (Lipinski definition) is 4. The molecule has 0 saturated heterocycles. The van der Waals surface area contributed by atoms with Gasteiger partial charge in [-0.2, -0.15) is 0 Å². The van der Waals surface area contributed by atoms with E-state index >= 15 is 0 Å². The summed E-state index contributed by atoms with van der Waals surface area (Å²) < 4.78 is 5.79. The van der Waals surface area contributed by atoms with E-state index in [9.17, 15) is 0 Å². The van der Waals surface area contributed by atoms with Crippen molar-refractivity contribution in [3.63, 3.8) is 0 Å². The van der Waals surface area contributed by atoms with Crippen LogP contribution in [0.5, 0.6) is 5.75 Å². The Kier molecular flexibility index (Phi) is 3.23. The Bertz CT molecular complexity index is 326. The Morgan fingerprint density at radius 2 is 2.07 bits per heavy atom. The minimum Gasteiger partial charge on any atom is -0.488 e. The summed E-state index contributed by atoms with van der Waals surface area (Å²) in [6.07, 6.45) is 10.7. The van der Waals surface area contributed by atoms with Gasteiger partial charge in [-0.1, -0.05) is 0 Å². The van der Waals surface area contributed by atoms with Gasteiger partial charge in [-0.05, 0) is 25.4 Å². The fraction of sp³-hybridized carbons (Fsp3) is 0.500. The van der Waals surface area contributed by atoms with Gasteiger partial charge in [-0.3, -0.25) is 4.98 Å². The van der Waals surface area contributed by atoms with Crippen molar-refractivity contribution in [1.82, 2.24) is 4.98 Å². The van der Waals surface area contributed by atoms with E-state index in [1.807, 2.05) is 12.4 Å². The monoisotopic (exact) mass is 227 g/mol. The molecule has 0 amide bonds. The van der Waals surface area contributed by atoms with Crippen molar-refractivity contribution in [3.8, 4) is 5.75 Å². The van der Waals surface area contributed by atoms with Crippen molar-refractivity contribution in [1.29, 1.82) is 0 Å². The molecule has 0 aromatic carbocycles. The van der Waals surface area contributed by atoms with E-state index in [0.29, 0.717) is 6.10 Å². The molecule has 1 saturated carbocycles. The van der Waals surface area contributed by atoms with E-state index in [4.69, 9.17) is 4.74 Å². The fourth-order valence-electron chi connectivity index (χ4n) is 1.21. The average molecular weight is 227 g/mol. The Balaban J connectivity index is 2.26. The van der Waals surface area contributed by atoms with Gasteiger partial charge in [0, 0.05) is 11.1 Å². The highest BCUT2D eigenvalue weighted by molar-refractivity contribution is 8.01. The van der Waals surface area contributed by atoms with Crippen LogP contribution in [0, 0.1) is 0 Å². The molecule has 1 aliphatic carbocycles. The van der Waals surface area contributed by atoms with Gasteiger partial charge in [-0.15, -0.1) is 23.5 Å². The third-order valence-electron chi connectivity index (χ3n) is 2.07. The van der Waals surface area contributed by atoms with Gasteiger partial charge in [-0.25, -0.2) is 0 Å². The molecule has 1 aromatic rings. The maximum Gasteiger partial charge on any atom is 0.152 e. The van der Waals surface area contributed by atoms with E-state index in [1.165, 1.54) is 22.6 Å². The van der Waals surface area contributed by atoms with Crippen LogP contribution < -0.4 is 4.74 Å². The molecule has 14 heavy (non-hydrogen) atoms. The predicted molar refractivity (Wildman–Crippen MR) is 61.4 cm³/mol. The zero-order valence-corrected chi connectivity index (χ0v) is 9.95. The van der Waals surface area contributed by atoms with Crippen molar-refractivity contribution in [2.75, 3.05) is 12.5 Å². The third kappa shape index (κ3) is 2.17. The Hall–Kier alpha value is -0.350. The molecule has 1 aromatic heterocycles. The minimum atomic E-state index is 0.444. The van der Waals surface area contributed by atoms with Crippen LogP contribution in [0.15, 0.2) is 22.2 Å². The van der Waals surface area contributed by atoms with E-state index in [1.54, 1.807) is 23.5 Å². The molecule has 0 bridgehead atoms. The molecule has 0 atom stereocenters. The molecule has 0 unspecified atom stereocenters. The molecule has 1 aliphatic rings. The summed E-state index contributed by atoms with van der Waals surface area (Å²) in [5.74, 6) is 0.951. The number of pyridine rings is 1. The van der Waals surface area contributed by atoms with Gasteiger partial charge in [0.15, 0.2) is 5.75 Å². The third-order valence-corrected chi connectivity index (χ3v) is 3.78. The van der Waals surface area contributed by atoms with Gasteiger partial charge in [0.05, 0.1) is 17.2 Å². The molecule has 2 rings (SSSR count). The van der Waals surface area contributed by atoms with Crippen molar-refractivity contribution >= 4 is 23.5 Å². The summed E-state index contributed by atoms with van der Waals surface area (Å²) in [4.78, 5) is 6.61. The zero-order chi connectivity index (χ0) is 9.97. The molecule has 76 valence electrons. The molecule has 4 heteroatoms. The number of hydrogen-bond donors (Lipinski definition) is 0. The highest BCUT2D eigenvalue weighted by Crippen LogP contribution is 2.38. The van der Waals surface area contributed by atoms with Crippen LogP contribution in [0.1, 0.15) is 12.8 Å². The average Bonchev–Trinajstić information content (AvgIpc) is 3.01. The van der Waals surface area contributed by atoms with Gasteiger partial charge < -0.3 is 4.74 Å². The first-order valence-corrected chi connectivity index (χ1v) is 7.02. The molecule has 0 spiro atoms. The van der Waals surface area contributed by atoms with Crippen LogP contribution in [0.3, 0.4) is 0 Å². The largest absolute Gasteiger partial charge is 0.488 e. The van der Waals surface area contributed by atoms with Gasteiger partial charge in [0.25, 0.3) is 0 Å². The van der Waals surface area contributed by atoms with Crippen LogP contribution >= 0.6 is 23.5 Å². The lowest BCUT2D eigenvalue weighted by Gasteiger charge is -2.11. The number of nitrogens with zero attached hydrogens (tertiary/aromatic N) is 1. The van der Waals surface area contributed by atoms with Crippen molar-refractivity contribution < 1.29 is 4.74 Å². The molecule has 2 nitrogen and oxygen atoms in total. The lowest BCUT2D eigenvalue weighted by atomic mass is 10.4. The second kappa shape index (κ2) is 4.45. The molecular weight excluding hydrogens is 214 g/mol. The predicted octanol–water partition coefficient (Wildman–Crippen LogP) is 3.07. The normalized spacial score (nSPS) is 15.6. The quantitative estimate of drug-likeness (QED) is 0.737. The fourth-order valence-corrected chi connectivity index (χ4v) is 2.72. The number of thioether (sulfide) groups is 2. The zero-order valence-electron chi connectivity index (χ0n) is 8.32. The molecule has 1 heterocycles. The van der Waals surface area contributed by atoms with E-state index in [2.05, 4.69) is 17.5 Å². The molecule has 0 N–H and O–H groups in total. The maximum atomic E-state index is 5.79. The minimum absolute atomic E-state index is 0.444. The second-order valence-electron chi connectivity index (χ2n) is 3.19. The summed E-state index contributed by atoms with van der Waals surface area (Å²) in [5.41, 5.74) is 0. The standard InChI is InChI=1S/C10H13NOS2/c1-13-9-6-11-5-8(10(9)14-2)12-7-3-4-7/h5-7H,3-4H2,1-2H3. The Morgan fingerprint density at radius 1 is 1.29 bits per heavy atom. The smallest absolute Gasteiger partial charge is 0.152 e. The van der Waals surface area contributed by atoms with Gasteiger partial charge >= 0.3 is 0 Å². The lowest BCUT2D eigenvalue weighted by Crippen LogP contribution is -1.98. The second-order valence-corrected chi connectivity index (χ2v) is 4.85. The SMILES string of the molecule is CSc1cncc(OC2CC2)c1SC. The number of aromatic nitrogens is 1. The first-order chi connectivity index (χ1) is 6.85. The Labute approximate surface area is 92.8 Å². The summed E-state index contributed by atoms with van der Waals surface area (Å²) in [7, 11) is 0. The summed E-state index contributed by atoms with van der Waals surface area (Å²) in [6.45, 7) is 0. The lowest BCUT2D eigenvalue weighted by molar-refractivity contribution is 0.293. The van der Waals surface area contributed by atoms with E-state index in [-0.39, 0.29) is 0 Å². The first-order valence-electron chi connectivity index (χ1n) is 4.57. The van der Waals surface area contributed by atoms with E-state index in [0.717, 1.165) is 5.75 Å². The number of rotatable bonds is 4. The molecule has 0 aliphatic heterocycles. The summed E-state index contributed by atoms with van der Waals surface area (Å²) in [6, 6.07) is 0. The number of ether oxygens (including phenoxy) is 1. The maximum absolute atomic E-state index is 5.79. The Morgan fingerprint density at radius 3 is 2.64 bits per heavy atom. The van der Waals surface area contributed by atoms with Crippen LogP contribution in [-0.4, -0.2) is 23.6 Å². The van der Waals surface area contributed by atoms with Crippen molar-refractivity contribution in [2.24, 2.45) is 0 Å². The summed E-state index contributed by atoms with van der Waals surface area (Å²) >= 11 is 3.45. The molecular formula is C10H13NOS2.